The van der Waals surface area contributed by atoms with Crippen LogP contribution >= 0.6 is 11.8 Å². The number of rotatable bonds is 4. The molecule has 1 saturated heterocycles. The Morgan fingerprint density at radius 1 is 1.08 bits per heavy atom. The van der Waals surface area contributed by atoms with Gasteiger partial charge in [-0.25, -0.2) is 4.79 Å². The molecule has 0 aliphatic carbocycles. The van der Waals surface area contributed by atoms with Crippen molar-refractivity contribution in [1.82, 2.24) is 4.90 Å². The monoisotopic (exact) mass is 359 g/mol. The first kappa shape index (κ1) is 21.1. The van der Waals surface area contributed by atoms with Gasteiger partial charge in [-0.1, -0.05) is 6.92 Å². The summed E-state index contributed by atoms with van der Waals surface area (Å²) in [6.07, 6.45) is 3.51. The Kier molecular flexibility index (Phi) is 7.03. The topological polar surface area (TPSA) is 55.8 Å². The molecule has 0 aromatic heterocycles. The minimum Gasteiger partial charge on any atom is -0.460 e. The number of nitrogens with zero attached hydrogens (tertiary/aromatic N) is 1. The van der Waals surface area contributed by atoms with E-state index in [-0.39, 0.29) is 29.3 Å². The molecule has 0 bridgehead atoms. The van der Waals surface area contributed by atoms with Gasteiger partial charge in [-0.2, -0.15) is 11.8 Å². The second kappa shape index (κ2) is 7.98. The minimum absolute atomic E-state index is 0.00244. The van der Waals surface area contributed by atoms with E-state index in [0.29, 0.717) is 6.54 Å². The molecule has 1 rings (SSSR count). The lowest BCUT2D eigenvalue weighted by molar-refractivity contribution is -0.159. The Hall–Kier alpha value is -0.910. The molecule has 0 radical (unpaired) electrons. The Morgan fingerprint density at radius 2 is 1.62 bits per heavy atom. The molecule has 0 N–H and O–H groups in total. The van der Waals surface area contributed by atoms with Crippen LogP contribution in [0.3, 0.4) is 0 Å². The van der Waals surface area contributed by atoms with Gasteiger partial charge in [-0.05, 0) is 60.6 Å². The van der Waals surface area contributed by atoms with Crippen molar-refractivity contribution in [2.45, 2.75) is 83.8 Å². The molecular weight excluding hydrogens is 326 g/mol. The summed E-state index contributed by atoms with van der Waals surface area (Å²) in [5.41, 5.74) is -1.02. The van der Waals surface area contributed by atoms with E-state index >= 15 is 0 Å². The highest BCUT2D eigenvalue weighted by molar-refractivity contribution is 7.99. The van der Waals surface area contributed by atoms with Crippen molar-refractivity contribution in [3.8, 4) is 0 Å². The van der Waals surface area contributed by atoms with E-state index in [9.17, 15) is 9.59 Å². The third-order valence-corrected chi connectivity index (χ3v) is 5.12. The molecule has 5 nitrogen and oxygen atoms in total. The van der Waals surface area contributed by atoms with Gasteiger partial charge in [0.1, 0.15) is 11.2 Å². The molecule has 0 unspecified atom stereocenters. The second-order valence-electron chi connectivity index (χ2n) is 8.41. The third kappa shape index (κ3) is 6.19. The van der Waals surface area contributed by atoms with E-state index in [0.717, 1.165) is 12.8 Å². The van der Waals surface area contributed by atoms with Gasteiger partial charge in [0, 0.05) is 17.8 Å². The lowest BCUT2D eigenvalue weighted by Crippen LogP contribution is -2.47. The van der Waals surface area contributed by atoms with Crippen LogP contribution in [0.25, 0.3) is 0 Å². The molecule has 1 fully saturated rings. The number of ether oxygens (including phenoxy) is 2. The minimum atomic E-state index is -0.518. The molecule has 0 saturated carbocycles. The zero-order valence-corrected chi connectivity index (χ0v) is 17.2. The highest BCUT2D eigenvalue weighted by Gasteiger charge is 2.41. The van der Waals surface area contributed by atoms with Crippen LogP contribution in [0.15, 0.2) is 0 Å². The van der Waals surface area contributed by atoms with Gasteiger partial charge in [-0.15, -0.1) is 0 Å². The maximum absolute atomic E-state index is 12.5. The van der Waals surface area contributed by atoms with Crippen LogP contribution in [0.5, 0.6) is 0 Å². The number of hydrogen-bond acceptors (Lipinski definition) is 5. The number of esters is 1. The highest BCUT2D eigenvalue weighted by Crippen LogP contribution is 2.33. The van der Waals surface area contributed by atoms with Crippen molar-refractivity contribution in [2.24, 2.45) is 5.92 Å². The Morgan fingerprint density at radius 3 is 2.08 bits per heavy atom. The second-order valence-corrected chi connectivity index (χ2v) is 9.42. The molecule has 0 spiro atoms. The average molecular weight is 360 g/mol. The van der Waals surface area contributed by atoms with Gasteiger partial charge in [0.05, 0.1) is 5.92 Å². The van der Waals surface area contributed by atoms with Crippen LogP contribution in [-0.2, 0) is 14.3 Å². The van der Waals surface area contributed by atoms with Crippen LogP contribution in [0, 0.1) is 5.92 Å². The zero-order valence-electron chi connectivity index (χ0n) is 16.3. The summed E-state index contributed by atoms with van der Waals surface area (Å²) >= 11 is 1.62. The largest absolute Gasteiger partial charge is 0.460 e. The van der Waals surface area contributed by atoms with Gasteiger partial charge in [0.15, 0.2) is 0 Å². The van der Waals surface area contributed by atoms with Gasteiger partial charge in [0.25, 0.3) is 0 Å². The maximum Gasteiger partial charge on any atom is 0.410 e. The first-order chi connectivity index (χ1) is 10.9. The van der Waals surface area contributed by atoms with Crippen LogP contribution in [0.1, 0.15) is 61.3 Å². The van der Waals surface area contributed by atoms with E-state index in [1.807, 2.05) is 54.7 Å². The highest BCUT2D eigenvalue weighted by atomic mass is 32.2. The summed E-state index contributed by atoms with van der Waals surface area (Å²) in [6, 6.07) is -0.00244. The van der Waals surface area contributed by atoms with Crippen molar-refractivity contribution < 1.29 is 19.1 Å². The summed E-state index contributed by atoms with van der Waals surface area (Å²) in [5, 5.41) is -0.00475. The molecule has 1 heterocycles. The fourth-order valence-corrected chi connectivity index (χ4v) is 4.02. The molecule has 0 aromatic rings. The van der Waals surface area contributed by atoms with Crippen LogP contribution in [0.4, 0.5) is 4.79 Å². The van der Waals surface area contributed by atoms with E-state index in [4.69, 9.17) is 9.47 Å². The molecule has 1 aliphatic heterocycles. The fourth-order valence-electron chi connectivity index (χ4n) is 2.90. The maximum atomic E-state index is 12.5. The quantitative estimate of drug-likeness (QED) is 0.708. The lowest BCUT2D eigenvalue weighted by atomic mass is 9.99. The smallest absolute Gasteiger partial charge is 0.410 e. The Labute approximate surface area is 150 Å². The van der Waals surface area contributed by atoms with Crippen molar-refractivity contribution >= 4 is 23.8 Å². The van der Waals surface area contributed by atoms with Crippen LogP contribution in [0.2, 0.25) is 0 Å². The zero-order chi connectivity index (χ0) is 18.7. The first-order valence-electron chi connectivity index (χ1n) is 8.61. The van der Waals surface area contributed by atoms with Crippen LogP contribution in [-0.4, -0.2) is 52.3 Å². The molecule has 0 aromatic carbocycles. The number of thioether (sulfide) groups is 1. The molecule has 6 heteroatoms. The van der Waals surface area contributed by atoms with Gasteiger partial charge < -0.3 is 14.4 Å². The van der Waals surface area contributed by atoms with E-state index in [1.54, 1.807) is 16.7 Å². The van der Waals surface area contributed by atoms with Crippen molar-refractivity contribution in [3.63, 3.8) is 0 Å². The summed E-state index contributed by atoms with van der Waals surface area (Å²) in [6.45, 7) is 13.8. The standard InChI is InChI=1S/C18H33NO4S/c1-12(15(20)22-17(2,3)4)14(24-8)13-10-9-11-19(13)16(21)23-18(5,6)7/h12-14H,9-11H2,1-8H3/t12-,13-,14+/m0/s1. The summed E-state index contributed by atoms with van der Waals surface area (Å²) in [7, 11) is 0. The van der Waals surface area contributed by atoms with E-state index in [1.165, 1.54) is 0 Å². The van der Waals surface area contributed by atoms with Gasteiger partial charge >= 0.3 is 12.1 Å². The number of carbonyl (C=O) groups is 2. The Bertz CT molecular complexity index is 453. The molecule has 3 atom stereocenters. The average Bonchev–Trinajstić information content (AvgIpc) is 2.84. The molecule has 1 amide bonds. The Balaban J connectivity index is 2.85. The van der Waals surface area contributed by atoms with Gasteiger partial charge in [0.2, 0.25) is 0 Å². The van der Waals surface area contributed by atoms with Crippen molar-refractivity contribution in [1.29, 1.82) is 0 Å². The molecular formula is C18H33NO4S. The first-order valence-corrected chi connectivity index (χ1v) is 9.90. The summed E-state index contributed by atoms with van der Waals surface area (Å²) in [4.78, 5) is 26.7. The summed E-state index contributed by atoms with van der Waals surface area (Å²) < 4.78 is 11.1. The number of likely N-dealkylation sites (tertiary alicyclic amines) is 1. The van der Waals surface area contributed by atoms with Gasteiger partial charge in [-0.3, -0.25) is 4.79 Å². The molecule has 140 valence electrons. The summed E-state index contributed by atoms with van der Waals surface area (Å²) in [5.74, 6) is -0.495. The predicted octanol–water partition coefficient (Wildman–Crippen LogP) is 4.10. The number of amides is 1. The molecule has 1 aliphatic rings. The molecule has 24 heavy (non-hydrogen) atoms. The third-order valence-electron chi connectivity index (χ3n) is 3.85. The van der Waals surface area contributed by atoms with Crippen molar-refractivity contribution in [3.05, 3.63) is 0 Å². The number of hydrogen-bond donors (Lipinski definition) is 0. The van der Waals surface area contributed by atoms with Crippen molar-refractivity contribution in [2.75, 3.05) is 12.8 Å². The van der Waals surface area contributed by atoms with E-state index in [2.05, 4.69) is 0 Å². The fraction of sp³-hybridized carbons (Fsp3) is 0.889. The van der Waals surface area contributed by atoms with Crippen LogP contribution < -0.4 is 0 Å². The number of carbonyl (C=O) groups excluding carboxylic acids is 2. The van der Waals surface area contributed by atoms with E-state index < -0.39 is 11.2 Å². The predicted molar refractivity (Wildman–Crippen MR) is 98.3 cm³/mol. The lowest BCUT2D eigenvalue weighted by Gasteiger charge is -2.35. The SMILES string of the molecule is CS[C@H]([C@H](C)C(=O)OC(C)(C)C)[C@@H]1CCCN1C(=O)OC(C)(C)C. The normalized spacial score (nSPS) is 21.3.